The van der Waals surface area contributed by atoms with Gasteiger partial charge in [-0.25, -0.2) is 9.59 Å². The number of nitro benzene ring substituents is 1. The van der Waals surface area contributed by atoms with E-state index >= 15 is 0 Å². The molecule has 0 bridgehead atoms. The molecule has 3 amide bonds. The standard InChI is InChI=1S/C25H25ClN4O8S/c1-25(2)19(23(33)38-13-26)29-21(32)18(22(29)39-25)27-20(31)17(15-6-4-3-5-7-15)28-24(34)37-12-14-8-10-16(11-9-14)30(35)36/h3-11,17-19,22H,12-13H2,1-2H3,(H,27,31)(H,28,34)/t17?,18?,19-,22+/m0/s1. The van der Waals surface area contributed by atoms with Crippen LogP contribution in [0.5, 0.6) is 0 Å². The fourth-order valence-corrected chi connectivity index (χ4v) is 6.19. The molecule has 2 aliphatic rings. The molecule has 2 fully saturated rings. The van der Waals surface area contributed by atoms with Gasteiger partial charge in [0.15, 0.2) is 6.07 Å². The fraction of sp³-hybridized carbons (Fsp3) is 0.360. The van der Waals surface area contributed by atoms with Crippen LogP contribution in [-0.4, -0.2) is 62.0 Å². The van der Waals surface area contributed by atoms with Crippen LogP contribution in [0.2, 0.25) is 0 Å². The summed E-state index contributed by atoms with van der Waals surface area (Å²) >= 11 is 6.89. The van der Waals surface area contributed by atoms with Crippen molar-refractivity contribution in [3.05, 3.63) is 75.8 Å². The Labute approximate surface area is 232 Å². The van der Waals surface area contributed by atoms with Crippen molar-refractivity contribution in [1.29, 1.82) is 0 Å². The quantitative estimate of drug-likeness (QED) is 0.150. The van der Waals surface area contributed by atoms with E-state index in [4.69, 9.17) is 21.1 Å². The zero-order chi connectivity index (χ0) is 28.3. The topological polar surface area (TPSA) is 157 Å². The number of ether oxygens (including phenoxy) is 2. The highest BCUT2D eigenvalue weighted by Crippen LogP contribution is 2.51. The Hall–Kier alpha value is -3.84. The van der Waals surface area contributed by atoms with Crippen molar-refractivity contribution >= 4 is 52.9 Å². The monoisotopic (exact) mass is 576 g/mol. The van der Waals surface area contributed by atoms with E-state index < -0.39 is 57.0 Å². The molecular formula is C25H25ClN4O8S. The van der Waals surface area contributed by atoms with Gasteiger partial charge in [-0.3, -0.25) is 19.7 Å². The minimum atomic E-state index is -1.19. The Balaban J connectivity index is 1.43. The zero-order valence-electron chi connectivity index (χ0n) is 20.9. The lowest BCUT2D eigenvalue weighted by atomic mass is 9.95. The fourth-order valence-electron chi connectivity index (χ4n) is 4.46. The van der Waals surface area contributed by atoms with Crippen LogP contribution in [0.25, 0.3) is 0 Å². The van der Waals surface area contributed by atoms with Crippen LogP contribution in [-0.2, 0) is 30.5 Å². The molecule has 2 saturated heterocycles. The lowest BCUT2D eigenvalue weighted by Crippen LogP contribution is -2.71. The lowest BCUT2D eigenvalue weighted by Gasteiger charge is -2.44. The molecule has 206 valence electrons. The molecule has 4 rings (SSSR count). The van der Waals surface area contributed by atoms with Gasteiger partial charge in [-0.05, 0) is 37.1 Å². The van der Waals surface area contributed by atoms with Gasteiger partial charge in [-0.1, -0.05) is 41.9 Å². The molecule has 2 N–H and O–H groups in total. The molecule has 2 unspecified atom stereocenters. The summed E-state index contributed by atoms with van der Waals surface area (Å²) in [4.78, 5) is 63.0. The van der Waals surface area contributed by atoms with Gasteiger partial charge in [0.25, 0.3) is 5.69 Å². The number of esters is 1. The summed E-state index contributed by atoms with van der Waals surface area (Å²) in [7, 11) is 0. The van der Waals surface area contributed by atoms with E-state index in [1.165, 1.54) is 40.9 Å². The van der Waals surface area contributed by atoms with Crippen LogP contribution in [0.3, 0.4) is 0 Å². The molecule has 0 spiro atoms. The molecule has 2 aromatic rings. The third-order valence-corrected chi connectivity index (χ3v) is 8.01. The van der Waals surface area contributed by atoms with Crippen LogP contribution in [0.1, 0.15) is 31.0 Å². The van der Waals surface area contributed by atoms with Crippen molar-refractivity contribution in [2.45, 2.75) is 48.7 Å². The minimum absolute atomic E-state index is 0.0980. The predicted molar refractivity (Wildman–Crippen MR) is 140 cm³/mol. The second-order valence-corrected chi connectivity index (χ2v) is 11.3. The Morgan fingerprint density at radius 3 is 2.41 bits per heavy atom. The number of alkyl halides is 1. The molecule has 2 aliphatic heterocycles. The summed E-state index contributed by atoms with van der Waals surface area (Å²) in [6, 6.07) is 10.6. The van der Waals surface area contributed by atoms with Gasteiger partial charge in [-0.2, -0.15) is 0 Å². The molecule has 2 heterocycles. The Kier molecular flexibility index (Phi) is 8.31. The summed E-state index contributed by atoms with van der Waals surface area (Å²) < 4.78 is 9.47. The summed E-state index contributed by atoms with van der Waals surface area (Å²) in [6.07, 6.45) is -0.904. The summed E-state index contributed by atoms with van der Waals surface area (Å²) in [6.45, 7) is 3.42. The summed E-state index contributed by atoms with van der Waals surface area (Å²) in [5.74, 6) is -1.71. The number of hydrogen-bond donors (Lipinski definition) is 2. The van der Waals surface area contributed by atoms with Crippen LogP contribution < -0.4 is 10.6 Å². The van der Waals surface area contributed by atoms with Gasteiger partial charge in [0, 0.05) is 16.9 Å². The number of rotatable bonds is 9. The van der Waals surface area contributed by atoms with E-state index in [2.05, 4.69) is 10.6 Å². The molecule has 14 heteroatoms. The lowest BCUT2D eigenvalue weighted by molar-refractivity contribution is -0.384. The molecule has 0 saturated carbocycles. The van der Waals surface area contributed by atoms with Crippen molar-refractivity contribution in [3.8, 4) is 0 Å². The second kappa shape index (κ2) is 11.5. The first kappa shape index (κ1) is 28.2. The number of benzene rings is 2. The van der Waals surface area contributed by atoms with Gasteiger partial charge in [0.1, 0.15) is 30.1 Å². The second-order valence-electron chi connectivity index (χ2n) is 9.31. The Morgan fingerprint density at radius 2 is 1.79 bits per heavy atom. The van der Waals surface area contributed by atoms with Crippen LogP contribution in [0, 0.1) is 10.1 Å². The molecule has 2 aromatic carbocycles. The predicted octanol–water partition coefficient (Wildman–Crippen LogP) is 2.85. The normalized spacial score (nSPS) is 21.7. The summed E-state index contributed by atoms with van der Waals surface area (Å²) in [5, 5.41) is 15.5. The number of carbonyl (C=O) groups is 4. The van der Waals surface area contributed by atoms with Crippen LogP contribution in [0.4, 0.5) is 10.5 Å². The van der Waals surface area contributed by atoms with Gasteiger partial charge in [0.05, 0.1) is 4.92 Å². The van der Waals surface area contributed by atoms with Gasteiger partial charge < -0.3 is 25.0 Å². The highest BCUT2D eigenvalue weighted by Gasteiger charge is 2.64. The highest BCUT2D eigenvalue weighted by molar-refractivity contribution is 8.01. The van der Waals surface area contributed by atoms with E-state index in [9.17, 15) is 29.3 Å². The number of β-lactam (4-membered cyclic amide) rings is 1. The molecular weight excluding hydrogens is 552 g/mol. The largest absolute Gasteiger partial charge is 0.448 e. The van der Waals surface area contributed by atoms with Crippen molar-refractivity contribution in [1.82, 2.24) is 15.5 Å². The SMILES string of the molecule is CC1(C)S[C@@H]2C(NC(=O)C(NC(=O)OCc3ccc([N+](=O)[O-])cc3)c3ccccc3)C(=O)N2[C@H]1C(=O)OCCl. The highest BCUT2D eigenvalue weighted by atomic mass is 35.5. The maximum absolute atomic E-state index is 13.3. The first-order chi connectivity index (χ1) is 18.5. The Bertz CT molecular complexity index is 1280. The molecule has 39 heavy (non-hydrogen) atoms. The smallest absolute Gasteiger partial charge is 0.408 e. The van der Waals surface area contributed by atoms with E-state index in [1.54, 1.807) is 44.2 Å². The average molecular weight is 577 g/mol. The van der Waals surface area contributed by atoms with E-state index in [1.807, 2.05) is 0 Å². The molecule has 0 aliphatic carbocycles. The molecule has 0 radical (unpaired) electrons. The first-order valence-corrected chi connectivity index (χ1v) is 13.2. The number of hydrogen-bond acceptors (Lipinski definition) is 9. The number of thioether (sulfide) groups is 1. The number of amides is 3. The molecule has 4 atom stereocenters. The third-order valence-electron chi connectivity index (χ3n) is 6.33. The zero-order valence-corrected chi connectivity index (χ0v) is 22.4. The summed E-state index contributed by atoms with van der Waals surface area (Å²) in [5.41, 5.74) is 0.868. The van der Waals surface area contributed by atoms with Gasteiger partial charge in [-0.15, -0.1) is 11.8 Å². The first-order valence-electron chi connectivity index (χ1n) is 11.8. The van der Waals surface area contributed by atoms with Crippen molar-refractivity contribution in [3.63, 3.8) is 0 Å². The molecule has 12 nitrogen and oxygen atoms in total. The maximum Gasteiger partial charge on any atom is 0.408 e. The number of fused-ring (bicyclic) bond motifs is 1. The van der Waals surface area contributed by atoms with Gasteiger partial charge in [0.2, 0.25) is 11.8 Å². The number of nitro groups is 1. The van der Waals surface area contributed by atoms with E-state index in [0.29, 0.717) is 11.1 Å². The van der Waals surface area contributed by atoms with Gasteiger partial charge >= 0.3 is 12.1 Å². The van der Waals surface area contributed by atoms with Crippen molar-refractivity contribution < 1.29 is 33.6 Å². The number of carbonyl (C=O) groups excluding carboxylic acids is 4. The average Bonchev–Trinajstić information content (AvgIpc) is 3.17. The van der Waals surface area contributed by atoms with Crippen LogP contribution in [0.15, 0.2) is 54.6 Å². The molecule has 0 aromatic heterocycles. The van der Waals surface area contributed by atoms with Crippen molar-refractivity contribution in [2.24, 2.45) is 0 Å². The number of non-ortho nitro benzene ring substituents is 1. The van der Waals surface area contributed by atoms with E-state index in [0.717, 1.165) is 0 Å². The third kappa shape index (κ3) is 5.93. The number of nitrogens with zero attached hydrogens (tertiary/aromatic N) is 2. The van der Waals surface area contributed by atoms with E-state index in [-0.39, 0.29) is 18.4 Å². The number of halogens is 1. The Morgan fingerprint density at radius 1 is 1.13 bits per heavy atom. The van der Waals surface area contributed by atoms with Crippen molar-refractivity contribution in [2.75, 3.05) is 6.07 Å². The maximum atomic E-state index is 13.3. The number of nitrogens with one attached hydrogen (secondary N) is 2. The minimum Gasteiger partial charge on any atom is -0.448 e. The number of alkyl carbamates (subject to hydrolysis) is 1. The van der Waals surface area contributed by atoms with Crippen LogP contribution >= 0.6 is 23.4 Å².